The number of methoxy groups -OCH3 is 1. The highest BCUT2D eigenvalue weighted by molar-refractivity contribution is 5.78. The molecule has 2 aromatic carbocycles. The molecule has 0 N–H and O–H groups in total. The van der Waals surface area contributed by atoms with Crippen LogP contribution in [0, 0.1) is 6.92 Å². The highest BCUT2D eigenvalue weighted by Crippen LogP contribution is 2.35. The number of hydrogen-bond donors (Lipinski definition) is 0. The summed E-state index contributed by atoms with van der Waals surface area (Å²) in [5, 5.41) is 0. The third-order valence-electron chi connectivity index (χ3n) is 3.46. The smallest absolute Gasteiger partial charge is 0.450 e. The highest BCUT2D eigenvalue weighted by atomic mass is 19.4. The van der Waals surface area contributed by atoms with E-state index in [9.17, 15) is 13.2 Å². The minimum atomic E-state index is -4.54. The zero-order chi connectivity index (χ0) is 15.9. The molecule has 0 aliphatic heterocycles. The first-order valence-electron chi connectivity index (χ1n) is 6.61. The molecule has 0 saturated heterocycles. The van der Waals surface area contributed by atoms with Crippen molar-refractivity contribution in [2.75, 3.05) is 7.11 Å². The van der Waals surface area contributed by atoms with Crippen LogP contribution in [0.15, 0.2) is 42.5 Å². The first-order chi connectivity index (χ1) is 10.4. The Kier molecular flexibility index (Phi) is 3.31. The van der Waals surface area contributed by atoms with Gasteiger partial charge in [0.05, 0.1) is 23.8 Å². The van der Waals surface area contributed by atoms with Gasteiger partial charge in [-0.15, -0.1) is 0 Å². The fourth-order valence-corrected chi connectivity index (χ4v) is 2.47. The van der Waals surface area contributed by atoms with Crippen LogP contribution in [0.1, 0.15) is 11.4 Å². The molecule has 0 saturated carbocycles. The van der Waals surface area contributed by atoms with E-state index in [-0.39, 0.29) is 0 Å². The van der Waals surface area contributed by atoms with Crippen LogP contribution < -0.4 is 4.74 Å². The lowest BCUT2D eigenvalue weighted by Crippen LogP contribution is -2.14. The molecule has 3 aromatic rings. The molecule has 22 heavy (non-hydrogen) atoms. The van der Waals surface area contributed by atoms with Crippen molar-refractivity contribution >= 4 is 11.0 Å². The molecular weight excluding hydrogens is 293 g/mol. The molecule has 0 spiro atoms. The molecule has 0 aliphatic rings. The Morgan fingerprint density at radius 1 is 1.09 bits per heavy atom. The summed E-state index contributed by atoms with van der Waals surface area (Å²) >= 11 is 0. The van der Waals surface area contributed by atoms with Gasteiger partial charge in [0, 0.05) is 0 Å². The van der Waals surface area contributed by atoms with Crippen LogP contribution in [0.25, 0.3) is 16.7 Å². The van der Waals surface area contributed by atoms with Crippen molar-refractivity contribution in [3.05, 3.63) is 53.9 Å². The second-order valence-electron chi connectivity index (χ2n) is 4.91. The van der Waals surface area contributed by atoms with Gasteiger partial charge in [-0.1, -0.05) is 12.1 Å². The van der Waals surface area contributed by atoms with Crippen molar-refractivity contribution < 1.29 is 17.9 Å². The Bertz CT molecular complexity index is 837. The predicted octanol–water partition coefficient (Wildman–Crippen LogP) is 4.36. The van der Waals surface area contributed by atoms with E-state index >= 15 is 0 Å². The first kappa shape index (κ1) is 14.4. The SMILES string of the molecule is COc1ccc(-n2c(C(F)(F)F)nc3ccccc32)c(C)c1. The van der Waals surface area contributed by atoms with Crippen molar-refractivity contribution in [3.8, 4) is 11.4 Å². The van der Waals surface area contributed by atoms with Gasteiger partial charge in [0.2, 0.25) is 5.82 Å². The molecule has 0 bridgehead atoms. The number of alkyl halides is 3. The maximum Gasteiger partial charge on any atom is 0.450 e. The van der Waals surface area contributed by atoms with Gasteiger partial charge in [0.15, 0.2) is 0 Å². The summed E-state index contributed by atoms with van der Waals surface area (Å²) in [6.45, 7) is 1.74. The maximum atomic E-state index is 13.3. The average Bonchev–Trinajstić information content (AvgIpc) is 2.86. The summed E-state index contributed by atoms with van der Waals surface area (Å²) < 4.78 is 46.3. The van der Waals surface area contributed by atoms with Crippen LogP contribution in [0.2, 0.25) is 0 Å². The molecule has 114 valence electrons. The van der Waals surface area contributed by atoms with Gasteiger partial charge in [-0.2, -0.15) is 13.2 Å². The number of fused-ring (bicyclic) bond motifs is 1. The molecule has 0 unspecified atom stereocenters. The third kappa shape index (κ3) is 2.30. The van der Waals surface area contributed by atoms with Crippen LogP contribution in [0.4, 0.5) is 13.2 Å². The minimum absolute atomic E-state index is 0.310. The lowest BCUT2D eigenvalue weighted by Gasteiger charge is -2.14. The second-order valence-corrected chi connectivity index (χ2v) is 4.91. The van der Waals surface area contributed by atoms with Crippen LogP contribution >= 0.6 is 0 Å². The second kappa shape index (κ2) is 5.05. The van der Waals surface area contributed by atoms with Crippen molar-refractivity contribution in [3.63, 3.8) is 0 Å². The van der Waals surface area contributed by atoms with Crippen molar-refractivity contribution in [2.45, 2.75) is 13.1 Å². The van der Waals surface area contributed by atoms with E-state index in [1.54, 1.807) is 49.4 Å². The lowest BCUT2D eigenvalue weighted by molar-refractivity contribution is -0.145. The Morgan fingerprint density at radius 2 is 1.82 bits per heavy atom. The number of halogens is 3. The number of aromatic nitrogens is 2. The van der Waals surface area contributed by atoms with E-state index in [1.807, 2.05) is 0 Å². The van der Waals surface area contributed by atoms with Crippen molar-refractivity contribution in [1.29, 1.82) is 0 Å². The summed E-state index contributed by atoms with van der Waals surface area (Å²) in [6.07, 6.45) is -4.54. The summed E-state index contributed by atoms with van der Waals surface area (Å²) in [7, 11) is 1.52. The summed E-state index contributed by atoms with van der Waals surface area (Å²) in [5.41, 5.74) is 1.84. The monoisotopic (exact) mass is 306 g/mol. The van der Waals surface area contributed by atoms with E-state index < -0.39 is 12.0 Å². The predicted molar refractivity (Wildman–Crippen MR) is 77.4 cm³/mol. The number of nitrogens with zero attached hydrogens (tertiary/aromatic N) is 2. The van der Waals surface area contributed by atoms with Gasteiger partial charge < -0.3 is 4.74 Å². The molecule has 0 fully saturated rings. The van der Waals surface area contributed by atoms with Crippen molar-refractivity contribution in [2.24, 2.45) is 0 Å². The lowest BCUT2D eigenvalue weighted by atomic mass is 10.1. The number of aryl methyl sites for hydroxylation is 1. The Morgan fingerprint density at radius 3 is 2.45 bits per heavy atom. The Hall–Kier alpha value is -2.50. The summed E-state index contributed by atoms with van der Waals surface area (Å²) in [5.74, 6) is -0.332. The average molecular weight is 306 g/mol. The molecule has 0 radical (unpaired) electrons. The fraction of sp³-hybridized carbons (Fsp3) is 0.188. The molecule has 0 aliphatic carbocycles. The number of hydrogen-bond acceptors (Lipinski definition) is 2. The topological polar surface area (TPSA) is 27.1 Å². The van der Waals surface area contributed by atoms with E-state index in [1.165, 1.54) is 7.11 Å². The van der Waals surface area contributed by atoms with Gasteiger partial charge in [-0.05, 0) is 42.8 Å². The van der Waals surface area contributed by atoms with Crippen LogP contribution in [-0.4, -0.2) is 16.7 Å². The number of ether oxygens (including phenoxy) is 1. The van der Waals surface area contributed by atoms with E-state index in [4.69, 9.17) is 4.74 Å². The third-order valence-corrected chi connectivity index (χ3v) is 3.46. The number of para-hydroxylation sites is 2. The summed E-state index contributed by atoms with van der Waals surface area (Å²) in [4.78, 5) is 3.75. The molecule has 3 nitrogen and oxygen atoms in total. The fourth-order valence-electron chi connectivity index (χ4n) is 2.47. The molecule has 0 atom stereocenters. The summed E-state index contributed by atoms with van der Waals surface area (Å²) in [6, 6.07) is 11.5. The molecule has 6 heteroatoms. The number of rotatable bonds is 2. The van der Waals surface area contributed by atoms with Gasteiger partial charge in [-0.25, -0.2) is 4.98 Å². The zero-order valence-corrected chi connectivity index (χ0v) is 12.0. The van der Waals surface area contributed by atoms with Gasteiger partial charge >= 0.3 is 6.18 Å². The van der Waals surface area contributed by atoms with E-state index in [2.05, 4.69) is 4.98 Å². The normalized spacial score (nSPS) is 11.9. The van der Waals surface area contributed by atoms with E-state index in [0.717, 1.165) is 4.57 Å². The van der Waals surface area contributed by atoms with Gasteiger partial charge in [-0.3, -0.25) is 4.57 Å². The molecular formula is C16H13F3N2O. The van der Waals surface area contributed by atoms with Crippen LogP contribution in [-0.2, 0) is 6.18 Å². The highest BCUT2D eigenvalue weighted by Gasteiger charge is 2.38. The molecule has 3 rings (SSSR count). The molecule has 0 amide bonds. The van der Waals surface area contributed by atoms with Crippen LogP contribution in [0.3, 0.4) is 0 Å². The Labute approximate surface area is 125 Å². The Balaban J connectivity index is 2.34. The number of benzene rings is 2. The molecule has 1 aromatic heterocycles. The minimum Gasteiger partial charge on any atom is -0.497 e. The zero-order valence-electron chi connectivity index (χ0n) is 12.0. The standard InChI is InChI=1S/C16H13F3N2O/c1-10-9-11(22-2)7-8-13(10)21-14-6-4-3-5-12(14)20-15(21)16(17,18)19/h3-9H,1-2H3. The van der Waals surface area contributed by atoms with Crippen molar-refractivity contribution in [1.82, 2.24) is 9.55 Å². The van der Waals surface area contributed by atoms with E-state index in [0.29, 0.717) is 28.0 Å². The quantitative estimate of drug-likeness (QED) is 0.703. The van der Waals surface area contributed by atoms with Gasteiger partial charge in [0.25, 0.3) is 0 Å². The van der Waals surface area contributed by atoms with Gasteiger partial charge in [0.1, 0.15) is 5.75 Å². The largest absolute Gasteiger partial charge is 0.497 e. The first-order valence-corrected chi connectivity index (χ1v) is 6.61. The molecule has 1 heterocycles. The maximum absolute atomic E-state index is 13.3. The van der Waals surface area contributed by atoms with Crippen LogP contribution in [0.5, 0.6) is 5.75 Å². The number of imidazole rings is 1.